The number of aromatic nitrogens is 2. The molecule has 0 atom stereocenters. The van der Waals surface area contributed by atoms with Gasteiger partial charge in [-0.05, 0) is 49.4 Å². The zero-order valence-electron chi connectivity index (χ0n) is 16.5. The summed E-state index contributed by atoms with van der Waals surface area (Å²) in [5.74, 6) is -0.144. The maximum absolute atomic E-state index is 12.2. The molecule has 2 aliphatic rings. The molecule has 3 N–H and O–H groups in total. The molecular weight excluding hydrogens is 368 g/mol. The molecule has 154 valence electrons. The summed E-state index contributed by atoms with van der Waals surface area (Å²) in [5.41, 5.74) is 1.63. The quantitative estimate of drug-likeness (QED) is 0.667. The lowest BCUT2D eigenvalue weighted by Crippen LogP contribution is -2.48. The van der Waals surface area contributed by atoms with Crippen LogP contribution < -0.4 is 16.0 Å². The Hall–Kier alpha value is -2.87. The molecule has 2 heterocycles. The van der Waals surface area contributed by atoms with Crippen molar-refractivity contribution in [1.82, 2.24) is 25.3 Å². The highest BCUT2D eigenvalue weighted by molar-refractivity contribution is 5.90. The molecule has 0 spiro atoms. The fraction of sp³-hybridized carbons (Fsp3) is 0.476. The maximum Gasteiger partial charge on any atom is 0.315 e. The van der Waals surface area contributed by atoms with Crippen LogP contribution in [0.2, 0.25) is 0 Å². The fourth-order valence-electron chi connectivity index (χ4n) is 3.77. The highest BCUT2D eigenvalue weighted by Gasteiger charge is 2.32. The van der Waals surface area contributed by atoms with E-state index in [0.29, 0.717) is 12.2 Å². The molecule has 1 aliphatic carbocycles. The Labute approximate surface area is 170 Å². The summed E-state index contributed by atoms with van der Waals surface area (Å²) in [6.07, 6.45) is 8.08. The summed E-state index contributed by atoms with van der Waals surface area (Å²) < 4.78 is 1.57. The number of carbonyl (C=O) groups is 2. The summed E-state index contributed by atoms with van der Waals surface area (Å²) in [7, 11) is 0. The van der Waals surface area contributed by atoms with Crippen LogP contribution in [-0.4, -0.2) is 51.8 Å². The number of urea groups is 1. The molecule has 8 heteroatoms. The van der Waals surface area contributed by atoms with Gasteiger partial charge in [0.2, 0.25) is 5.91 Å². The molecule has 1 aliphatic heterocycles. The summed E-state index contributed by atoms with van der Waals surface area (Å²) in [4.78, 5) is 26.9. The Bertz CT molecular complexity index is 825. The molecule has 1 aromatic heterocycles. The summed E-state index contributed by atoms with van der Waals surface area (Å²) in [5, 5.41) is 12.9. The van der Waals surface area contributed by atoms with Gasteiger partial charge in [0.15, 0.2) is 0 Å². The number of carbonyl (C=O) groups excluding carboxylic acids is 2. The van der Waals surface area contributed by atoms with Crippen molar-refractivity contribution in [3.05, 3.63) is 48.3 Å². The summed E-state index contributed by atoms with van der Waals surface area (Å²) >= 11 is 0. The van der Waals surface area contributed by atoms with E-state index >= 15 is 0 Å². The fourth-order valence-corrected chi connectivity index (χ4v) is 3.77. The molecule has 1 aromatic carbocycles. The van der Waals surface area contributed by atoms with Gasteiger partial charge in [0.25, 0.3) is 0 Å². The van der Waals surface area contributed by atoms with Gasteiger partial charge < -0.3 is 20.9 Å². The molecule has 0 unspecified atom stereocenters. The second-order valence-electron chi connectivity index (χ2n) is 7.82. The van der Waals surface area contributed by atoms with E-state index in [0.717, 1.165) is 37.5 Å². The van der Waals surface area contributed by atoms with Gasteiger partial charge >= 0.3 is 6.03 Å². The minimum absolute atomic E-state index is 0.136. The van der Waals surface area contributed by atoms with E-state index < -0.39 is 0 Å². The van der Waals surface area contributed by atoms with Gasteiger partial charge in [-0.25, -0.2) is 4.79 Å². The average molecular weight is 396 g/mol. The average Bonchev–Trinajstić information content (AvgIpc) is 3.44. The third kappa shape index (κ3) is 5.80. The Morgan fingerprint density at radius 2 is 1.93 bits per heavy atom. The van der Waals surface area contributed by atoms with E-state index in [9.17, 15) is 9.59 Å². The second kappa shape index (κ2) is 9.09. The molecule has 0 radical (unpaired) electrons. The van der Waals surface area contributed by atoms with E-state index in [1.807, 2.05) is 24.3 Å². The Kier molecular flexibility index (Phi) is 6.09. The van der Waals surface area contributed by atoms with Gasteiger partial charge in [-0.2, -0.15) is 5.10 Å². The summed E-state index contributed by atoms with van der Waals surface area (Å²) in [6.45, 7) is 2.73. The van der Waals surface area contributed by atoms with Crippen LogP contribution in [0.5, 0.6) is 0 Å². The van der Waals surface area contributed by atoms with E-state index in [1.165, 1.54) is 12.8 Å². The number of hydrogen-bond acceptors (Lipinski definition) is 4. The topological polar surface area (TPSA) is 91.3 Å². The Morgan fingerprint density at radius 1 is 1.10 bits per heavy atom. The lowest BCUT2D eigenvalue weighted by Gasteiger charge is -2.32. The van der Waals surface area contributed by atoms with Crippen LogP contribution in [0.15, 0.2) is 42.7 Å². The molecule has 2 fully saturated rings. The van der Waals surface area contributed by atoms with E-state index in [4.69, 9.17) is 0 Å². The first-order valence-corrected chi connectivity index (χ1v) is 10.3. The van der Waals surface area contributed by atoms with Crippen molar-refractivity contribution in [2.24, 2.45) is 0 Å². The van der Waals surface area contributed by atoms with Gasteiger partial charge in [-0.15, -0.1) is 0 Å². The largest absolute Gasteiger partial charge is 0.335 e. The Balaban J connectivity index is 1.19. The van der Waals surface area contributed by atoms with Gasteiger partial charge in [0, 0.05) is 49.8 Å². The van der Waals surface area contributed by atoms with Gasteiger partial charge in [0.1, 0.15) is 6.54 Å². The van der Waals surface area contributed by atoms with Crippen LogP contribution >= 0.6 is 0 Å². The SMILES string of the molecule is O=C(Cn1cccn1)Nc1cccc(CNC(=O)NC2CCN(C3CC3)CC2)c1. The molecule has 3 amide bonds. The standard InChI is InChI=1S/C21H28N6O2/c28-20(15-27-10-2-9-23-27)24-18-4-1-3-16(13-18)14-22-21(29)25-17-7-11-26(12-8-17)19-5-6-19/h1-4,9-10,13,17,19H,5-8,11-12,14-15H2,(H,24,28)(H2,22,25,29). The van der Waals surface area contributed by atoms with Gasteiger partial charge in [0.05, 0.1) is 0 Å². The van der Waals surface area contributed by atoms with Gasteiger partial charge in [-0.1, -0.05) is 12.1 Å². The number of piperidine rings is 1. The zero-order valence-corrected chi connectivity index (χ0v) is 16.5. The third-order valence-electron chi connectivity index (χ3n) is 5.46. The number of amides is 3. The number of hydrogen-bond donors (Lipinski definition) is 3. The number of nitrogens with zero attached hydrogens (tertiary/aromatic N) is 3. The van der Waals surface area contributed by atoms with Crippen LogP contribution in [0.1, 0.15) is 31.2 Å². The Morgan fingerprint density at radius 3 is 2.66 bits per heavy atom. The van der Waals surface area contributed by atoms with Crippen LogP contribution in [0.3, 0.4) is 0 Å². The lowest BCUT2D eigenvalue weighted by molar-refractivity contribution is -0.116. The second-order valence-corrected chi connectivity index (χ2v) is 7.82. The lowest BCUT2D eigenvalue weighted by atomic mass is 10.1. The number of benzene rings is 1. The predicted molar refractivity (Wildman–Crippen MR) is 110 cm³/mol. The zero-order chi connectivity index (χ0) is 20.1. The highest BCUT2D eigenvalue weighted by atomic mass is 16.2. The molecular formula is C21H28N6O2. The van der Waals surface area contributed by atoms with Crippen LogP contribution in [-0.2, 0) is 17.9 Å². The summed E-state index contributed by atoms with van der Waals surface area (Å²) in [6, 6.07) is 10.2. The first-order chi connectivity index (χ1) is 14.2. The van der Waals surface area contributed by atoms with Crippen molar-refractivity contribution in [3.8, 4) is 0 Å². The monoisotopic (exact) mass is 396 g/mol. The minimum Gasteiger partial charge on any atom is -0.335 e. The molecule has 1 saturated heterocycles. The third-order valence-corrected chi connectivity index (χ3v) is 5.46. The molecule has 29 heavy (non-hydrogen) atoms. The van der Waals surface area contributed by atoms with E-state index in [2.05, 4.69) is 25.9 Å². The number of likely N-dealkylation sites (tertiary alicyclic amines) is 1. The van der Waals surface area contributed by atoms with E-state index in [-0.39, 0.29) is 24.5 Å². The normalized spacial score (nSPS) is 17.7. The number of rotatable bonds is 7. The van der Waals surface area contributed by atoms with Crippen LogP contribution in [0.4, 0.5) is 10.5 Å². The molecule has 2 aromatic rings. The van der Waals surface area contributed by atoms with Crippen molar-refractivity contribution in [2.75, 3.05) is 18.4 Å². The molecule has 0 bridgehead atoms. The van der Waals surface area contributed by atoms with Gasteiger partial charge in [-0.3, -0.25) is 9.48 Å². The first kappa shape index (κ1) is 19.4. The van der Waals surface area contributed by atoms with Crippen LogP contribution in [0.25, 0.3) is 0 Å². The molecule has 8 nitrogen and oxygen atoms in total. The highest BCUT2D eigenvalue weighted by Crippen LogP contribution is 2.29. The molecule has 4 rings (SSSR count). The van der Waals surface area contributed by atoms with Crippen LogP contribution in [0, 0.1) is 0 Å². The van der Waals surface area contributed by atoms with E-state index in [1.54, 1.807) is 23.1 Å². The van der Waals surface area contributed by atoms with Crippen molar-refractivity contribution in [2.45, 2.75) is 50.9 Å². The minimum atomic E-state index is -0.144. The molecule has 1 saturated carbocycles. The van der Waals surface area contributed by atoms with Crippen molar-refractivity contribution < 1.29 is 9.59 Å². The smallest absolute Gasteiger partial charge is 0.315 e. The number of nitrogens with one attached hydrogen (secondary N) is 3. The predicted octanol–water partition coefficient (Wildman–Crippen LogP) is 1.95. The van der Waals surface area contributed by atoms with Crippen molar-refractivity contribution >= 4 is 17.6 Å². The maximum atomic E-state index is 12.2. The van der Waals surface area contributed by atoms with Crippen molar-refractivity contribution in [1.29, 1.82) is 0 Å². The van der Waals surface area contributed by atoms with Crippen molar-refractivity contribution in [3.63, 3.8) is 0 Å². The number of anilines is 1. The first-order valence-electron chi connectivity index (χ1n) is 10.3.